The van der Waals surface area contributed by atoms with Gasteiger partial charge in [0.2, 0.25) is 0 Å². The predicted octanol–water partition coefficient (Wildman–Crippen LogP) is 1.88. The van der Waals surface area contributed by atoms with Crippen LogP contribution in [0.1, 0.15) is 12.5 Å². The molecule has 0 radical (unpaired) electrons. The van der Waals surface area contributed by atoms with Gasteiger partial charge in [0.15, 0.2) is 0 Å². The molecular weight excluding hydrogens is 224 g/mol. The molecule has 0 saturated carbocycles. The monoisotopic (exact) mass is 248 g/mol. The molecular formula is C15H24N2O. The van der Waals surface area contributed by atoms with Crippen molar-refractivity contribution in [1.29, 1.82) is 0 Å². The van der Waals surface area contributed by atoms with Crippen molar-refractivity contribution in [3.8, 4) is 5.75 Å². The summed E-state index contributed by atoms with van der Waals surface area (Å²) in [6, 6.07) is 8.43. The molecule has 2 rings (SSSR count). The highest BCUT2D eigenvalue weighted by Crippen LogP contribution is 2.12. The Kier molecular flexibility index (Phi) is 5.02. The molecule has 1 aliphatic heterocycles. The highest BCUT2D eigenvalue weighted by atomic mass is 16.5. The number of nitrogens with zero attached hydrogens (tertiary/aromatic N) is 2. The molecule has 0 amide bonds. The van der Waals surface area contributed by atoms with Gasteiger partial charge in [-0.15, -0.1) is 0 Å². The molecule has 0 spiro atoms. The molecule has 3 nitrogen and oxygen atoms in total. The van der Waals surface area contributed by atoms with E-state index in [0.29, 0.717) is 0 Å². The summed E-state index contributed by atoms with van der Waals surface area (Å²) in [7, 11) is 1.71. The van der Waals surface area contributed by atoms with Crippen molar-refractivity contribution >= 4 is 0 Å². The van der Waals surface area contributed by atoms with Gasteiger partial charge in [-0.3, -0.25) is 0 Å². The standard InChI is InChI=1S/C15H24N2O/c1-3-16-10-12-17(13-11-16)9-8-14-4-6-15(18-2)7-5-14/h4-7H,3,8-13H2,1-2H3. The fourth-order valence-electron chi connectivity index (χ4n) is 2.41. The van der Waals surface area contributed by atoms with E-state index in [2.05, 4.69) is 28.9 Å². The first-order valence-corrected chi connectivity index (χ1v) is 6.89. The molecule has 1 aliphatic rings. The van der Waals surface area contributed by atoms with Gasteiger partial charge in [0.05, 0.1) is 7.11 Å². The Labute approximate surface area is 110 Å². The van der Waals surface area contributed by atoms with Gasteiger partial charge in [-0.25, -0.2) is 0 Å². The Hall–Kier alpha value is -1.06. The Balaban J connectivity index is 1.74. The molecule has 0 aliphatic carbocycles. The number of likely N-dealkylation sites (N-methyl/N-ethyl adjacent to an activating group) is 1. The van der Waals surface area contributed by atoms with E-state index in [1.54, 1.807) is 7.11 Å². The van der Waals surface area contributed by atoms with Gasteiger partial charge in [-0.05, 0) is 30.7 Å². The lowest BCUT2D eigenvalue weighted by atomic mass is 10.1. The van der Waals surface area contributed by atoms with Crippen LogP contribution in [0.5, 0.6) is 5.75 Å². The summed E-state index contributed by atoms with van der Waals surface area (Å²) in [5.74, 6) is 0.940. The average Bonchev–Trinajstić information content (AvgIpc) is 2.46. The first-order valence-electron chi connectivity index (χ1n) is 6.89. The zero-order valence-corrected chi connectivity index (χ0v) is 11.6. The van der Waals surface area contributed by atoms with E-state index < -0.39 is 0 Å². The van der Waals surface area contributed by atoms with E-state index in [9.17, 15) is 0 Å². The van der Waals surface area contributed by atoms with E-state index in [1.807, 2.05) is 12.1 Å². The largest absolute Gasteiger partial charge is 0.497 e. The summed E-state index contributed by atoms with van der Waals surface area (Å²) in [5, 5.41) is 0. The second-order valence-electron chi connectivity index (χ2n) is 4.87. The number of rotatable bonds is 5. The van der Waals surface area contributed by atoms with Crippen LogP contribution in [0, 0.1) is 0 Å². The molecule has 1 heterocycles. The van der Waals surface area contributed by atoms with E-state index >= 15 is 0 Å². The van der Waals surface area contributed by atoms with Crippen LogP contribution in [-0.2, 0) is 6.42 Å². The number of hydrogen-bond donors (Lipinski definition) is 0. The average molecular weight is 248 g/mol. The van der Waals surface area contributed by atoms with Gasteiger partial charge in [0, 0.05) is 32.7 Å². The maximum atomic E-state index is 5.17. The zero-order valence-electron chi connectivity index (χ0n) is 11.6. The minimum absolute atomic E-state index is 0.940. The SMILES string of the molecule is CCN1CCN(CCc2ccc(OC)cc2)CC1. The highest BCUT2D eigenvalue weighted by Gasteiger charge is 2.14. The van der Waals surface area contributed by atoms with Crippen molar-refractivity contribution in [2.75, 3.05) is 46.4 Å². The Morgan fingerprint density at radius 1 is 1.00 bits per heavy atom. The Bertz CT molecular complexity index is 342. The van der Waals surface area contributed by atoms with Crippen LogP contribution >= 0.6 is 0 Å². The minimum atomic E-state index is 0.940. The van der Waals surface area contributed by atoms with Crippen LogP contribution in [0.15, 0.2) is 24.3 Å². The van der Waals surface area contributed by atoms with Crippen LogP contribution in [0.25, 0.3) is 0 Å². The normalized spacial score (nSPS) is 17.9. The van der Waals surface area contributed by atoms with Gasteiger partial charge in [0.1, 0.15) is 5.75 Å². The lowest BCUT2D eigenvalue weighted by molar-refractivity contribution is 0.138. The highest BCUT2D eigenvalue weighted by molar-refractivity contribution is 5.27. The van der Waals surface area contributed by atoms with Crippen LogP contribution in [0.4, 0.5) is 0 Å². The quantitative estimate of drug-likeness (QED) is 0.791. The van der Waals surface area contributed by atoms with Gasteiger partial charge < -0.3 is 14.5 Å². The lowest BCUT2D eigenvalue weighted by Gasteiger charge is -2.34. The van der Waals surface area contributed by atoms with E-state index in [0.717, 1.165) is 12.2 Å². The molecule has 0 N–H and O–H groups in total. The Morgan fingerprint density at radius 3 is 2.17 bits per heavy atom. The summed E-state index contributed by atoms with van der Waals surface area (Å²) in [6.45, 7) is 9.47. The third kappa shape index (κ3) is 3.72. The lowest BCUT2D eigenvalue weighted by Crippen LogP contribution is -2.46. The van der Waals surface area contributed by atoms with Gasteiger partial charge in [-0.2, -0.15) is 0 Å². The van der Waals surface area contributed by atoms with E-state index in [-0.39, 0.29) is 0 Å². The summed E-state index contributed by atoms with van der Waals surface area (Å²) in [5.41, 5.74) is 1.40. The molecule has 0 atom stereocenters. The molecule has 100 valence electrons. The van der Waals surface area contributed by atoms with E-state index in [1.165, 1.54) is 44.8 Å². The maximum Gasteiger partial charge on any atom is 0.118 e. The van der Waals surface area contributed by atoms with Gasteiger partial charge in [-0.1, -0.05) is 19.1 Å². The van der Waals surface area contributed by atoms with Crippen LogP contribution in [-0.4, -0.2) is 56.2 Å². The minimum Gasteiger partial charge on any atom is -0.497 e. The first-order chi connectivity index (χ1) is 8.81. The topological polar surface area (TPSA) is 15.7 Å². The molecule has 1 saturated heterocycles. The van der Waals surface area contributed by atoms with Crippen LogP contribution in [0.2, 0.25) is 0 Å². The summed E-state index contributed by atoms with van der Waals surface area (Å²) in [4.78, 5) is 5.08. The van der Waals surface area contributed by atoms with E-state index in [4.69, 9.17) is 4.74 Å². The number of ether oxygens (including phenoxy) is 1. The second kappa shape index (κ2) is 6.76. The van der Waals surface area contributed by atoms with Crippen molar-refractivity contribution in [2.24, 2.45) is 0 Å². The van der Waals surface area contributed by atoms with Crippen molar-refractivity contribution in [3.63, 3.8) is 0 Å². The molecule has 0 bridgehead atoms. The number of piperazine rings is 1. The van der Waals surface area contributed by atoms with Crippen LogP contribution < -0.4 is 4.74 Å². The third-order valence-electron chi connectivity index (χ3n) is 3.79. The second-order valence-corrected chi connectivity index (χ2v) is 4.87. The fraction of sp³-hybridized carbons (Fsp3) is 0.600. The summed E-state index contributed by atoms with van der Waals surface area (Å²) >= 11 is 0. The van der Waals surface area contributed by atoms with Gasteiger partial charge >= 0.3 is 0 Å². The molecule has 0 aromatic heterocycles. The van der Waals surface area contributed by atoms with Crippen LogP contribution in [0.3, 0.4) is 0 Å². The first kappa shape index (κ1) is 13.4. The van der Waals surface area contributed by atoms with Crippen molar-refractivity contribution in [2.45, 2.75) is 13.3 Å². The Morgan fingerprint density at radius 2 is 1.61 bits per heavy atom. The van der Waals surface area contributed by atoms with Crippen molar-refractivity contribution in [3.05, 3.63) is 29.8 Å². The number of methoxy groups -OCH3 is 1. The molecule has 0 unspecified atom stereocenters. The molecule has 1 aromatic carbocycles. The summed E-state index contributed by atoms with van der Waals surface area (Å²) in [6.07, 6.45) is 1.14. The molecule has 18 heavy (non-hydrogen) atoms. The van der Waals surface area contributed by atoms with Gasteiger partial charge in [0.25, 0.3) is 0 Å². The van der Waals surface area contributed by atoms with Crippen molar-refractivity contribution < 1.29 is 4.74 Å². The zero-order chi connectivity index (χ0) is 12.8. The molecule has 1 fully saturated rings. The molecule has 1 aromatic rings. The maximum absolute atomic E-state index is 5.17. The predicted molar refractivity (Wildman–Crippen MR) is 75.3 cm³/mol. The molecule has 3 heteroatoms. The van der Waals surface area contributed by atoms with Crippen molar-refractivity contribution in [1.82, 2.24) is 9.80 Å². The summed E-state index contributed by atoms with van der Waals surface area (Å²) < 4.78 is 5.17. The number of hydrogen-bond acceptors (Lipinski definition) is 3. The third-order valence-corrected chi connectivity index (χ3v) is 3.79. The number of benzene rings is 1. The fourth-order valence-corrected chi connectivity index (χ4v) is 2.41. The smallest absolute Gasteiger partial charge is 0.118 e.